The highest BCUT2D eigenvalue weighted by molar-refractivity contribution is 5.41. The fraction of sp³-hybridized carbons (Fsp3) is 0.368. The molecule has 0 aliphatic rings. The summed E-state index contributed by atoms with van der Waals surface area (Å²) in [5, 5.41) is 0. The number of rotatable bonds is 9. The lowest BCUT2D eigenvalue weighted by molar-refractivity contribution is 0.146. The van der Waals surface area contributed by atoms with Crippen molar-refractivity contribution in [3.05, 3.63) is 59.7 Å². The van der Waals surface area contributed by atoms with Gasteiger partial charge >= 0.3 is 0 Å². The third-order valence-corrected chi connectivity index (χ3v) is 3.35. The minimum atomic E-state index is 0.543. The first-order chi connectivity index (χ1) is 10.8. The highest BCUT2D eigenvalue weighted by Gasteiger charge is 2.06. The van der Waals surface area contributed by atoms with Crippen molar-refractivity contribution in [2.45, 2.75) is 26.4 Å². The molecule has 0 fully saturated rings. The van der Waals surface area contributed by atoms with Crippen molar-refractivity contribution in [2.24, 2.45) is 0 Å². The van der Waals surface area contributed by atoms with Crippen molar-refractivity contribution in [1.82, 2.24) is 0 Å². The molecule has 2 aromatic carbocycles. The van der Waals surface area contributed by atoms with Crippen LogP contribution in [0.25, 0.3) is 0 Å². The van der Waals surface area contributed by atoms with E-state index in [9.17, 15) is 0 Å². The topological polar surface area (TPSA) is 27.7 Å². The Hall–Kier alpha value is -2.00. The van der Waals surface area contributed by atoms with Crippen LogP contribution >= 0.6 is 0 Å². The summed E-state index contributed by atoms with van der Waals surface area (Å²) in [5.74, 6) is 1.72. The molecule has 118 valence electrons. The zero-order valence-corrected chi connectivity index (χ0v) is 13.4. The maximum atomic E-state index is 6.01. The molecule has 0 aliphatic heterocycles. The average molecular weight is 300 g/mol. The summed E-state index contributed by atoms with van der Waals surface area (Å²) in [6.45, 7) is 3.86. The molecular weight excluding hydrogens is 276 g/mol. The Morgan fingerprint density at radius 1 is 0.909 bits per heavy atom. The predicted octanol–water partition coefficient (Wildman–Crippen LogP) is 4.24. The summed E-state index contributed by atoms with van der Waals surface area (Å²) in [5.41, 5.74) is 2.38. The van der Waals surface area contributed by atoms with Gasteiger partial charge < -0.3 is 14.2 Å². The largest absolute Gasteiger partial charge is 0.491 e. The summed E-state index contributed by atoms with van der Waals surface area (Å²) >= 11 is 0. The molecule has 2 aromatic rings. The van der Waals surface area contributed by atoms with Gasteiger partial charge in [0.1, 0.15) is 24.7 Å². The molecule has 0 aliphatic carbocycles. The molecule has 22 heavy (non-hydrogen) atoms. The van der Waals surface area contributed by atoms with Gasteiger partial charge in [0.2, 0.25) is 0 Å². The molecule has 0 bridgehead atoms. The second-order valence-corrected chi connectivity index (χ2v) is 5.14. The van der Waals surface area contributed by atoms with Crippen LogP contribution in [-0.2, 0) is 17.8 Å². The first-order valence-electron chi connectivity index (χ1n) is 7.75. The van der Waals surface area contributed by atoms with Gasteiger partial charge in [-0.2, -0.15) is 0 Å². The van der Waals surface area contributed by atoms with Crippen molar-refractivity contribution in [3.8, 4) is 11.5 Å². The maximum Gasteiger partial charge on any atom is 0.126 e. The molecule has 2 rings (SSSR count). The molecule has 0 spiro atoms. The van der Waals surface area contributed by atoms with Crippen molar-refractivity contribution in [1.29, 1.82) is 0 Å². The average Bonchev–Trinajstić information content (AvgIpc) is 2.56. The quantitative estimate of drug-likeness (QED) is 0.648. The second kappa shape index (κ2) is 9.11. The predicted molar refractivity (Wildman–Crippen MR) is 88.6 cm³/mol. The van der Waals surface area contributed by atoms with Crippen molar-refractivity contribution in [2.75, 3.05) is 20.3 Å². The number of methoxy groups -OCH3 is 1. The molecular formula is C19H24O3. The Kier molecular flexibility index (Phi) is 6.78. The smallest absolute Gasteiger partial charge is 0.126 e. The first kappa shape index (κ1) is 16.4. The van der Waals surface area contributed by atoms with Crippen LogP contribution in [0.15, 0.2) is 48.5 Å². The number of hydrogen-bond donors (Lipinski definition) is 0. The van der Waals surface area contributed by atoms with Crippen LogP contribution in [0.4, 0.5) is 0 Å². The first-order valence-corrected chi connectivity index (χ1v) is 7.75. The zero-order valence-electron chi connectivity index (χ0n) is 13.4. The van der Waals surface area contributed by atoms with E-state index in [0.29, 0.717) is 19.8 Å². The molecule has 0 N–H and O–H groups in total. The number of benzene rings is 2. The van der Waals surface area contributed by atoms with Gasteiger partial charge in [-0.25, -0.2) is 0 Å². The fourth-order valence-corrected chi connectivity index (χ4v) is 2.21. The Bertz CT molecular complexity index is 552. The van der Waals surface area contributed by atoms with Crippen LogP contribution in [0.3, 0.4) is 0 Å². The molecule has 0 saturated carbocycles. The molecule has 0 saturated heterocycles. The van der Waals surface area contributed by atoms with Gasteiger partial charge in [0.15, 0.2) is 0 Å². The standard InChI is InChI=1S/C19H24O3/c1-3-7-17-10-11-18(21-13-12-20-2)14-19(17)22-15-16-8-5-4-6-9-16/h4-6,8-11,14H,3,7,12-13,15H2,1-2H3. The lowest BCUT2D eigenvalue weighted by atomic mass is 10.1. The van der Waals surface area contributed by atoms with Crippen LogP contribution < -0.4 is 9.47 Å². The van der Waals surface area contributed by atoms with Gasteiger partial charge in [0.05, 0.1) is 6.61 Å². The minimum absolute atomic E-state index is 0.543. The lowest BCUT2D eigenvalue weighted by Crippen LogP contribution is -2.05. The van der Waals surface area contributed by atoms with E-state index in [-0.39, 0.29) is 0 Å². The molecule has 0 radical (unpaired) electrons. The van der Waals surface area contributed by atoms with E-state index in [1.54, 1.807) is 7.11 Å². The summed E-state index contributed by atoms with van der Waals surface area (Å²) in [4.78, 5) is 0. The van der Waals surface area contributed by atoms with Crippen LogP contribution in [-0.4, -0.2) is 20.3 Å². The van der Waals surface area contributed by atoms with E-state index in [1.165, 1.54) is 5.56 Å². The number of aryl methyl sites for hydroxylation is 1. The highest BCUT2D eigenvalue weighted by atomic mass is 16.5. The van der Waals surface area contributed by atoms with Crippen LogP contribution in [0.2, 0.25) is 0 Å². The third kappa shape index (κ3) is 5.08. The van der Waals surface area contributed by atoms with Gasteiger partial charge in [-0.1, -0.05) is 49.7 Å². The molecule has 0 aromatic heterocycles. The van der Waals surface area contributed by atoms with E-state index in [4.69, 9.17) is 14.2 Å². The summed E-state index contributed by atoms with van der Waals surface area (Å²) in [7, 11) is 1.67. The normalized spacial score (nSPS) is 10.5. The van der Waals surface area contributed by atoms with E-state index >= 15 is 0 Å². The van der Waals surface area contributed by atoms with Crippen molar-refractivity contribution < 1.29 is 14.2 Å². The van der Waals surface area contributed by atoms with Crippen molar-refractivity contribution in [3.63, 3.8) is 0 Å². The monoisotopic (exact) mass is 300 g/mol. The summed E-state index contributed by atoms with van der Waals surface area (Å²) in [6, 6.07) is 16.3. The number of ether oxygens (including phenoxy) is 3. The molecule has 0 heterocycles. The van der Waals surface area contributed by atoms with Crippen LogP contribution in [0.5, 0.6) is 11.5 Å². The Labute approximate surface area is 132 Å². The zero-order chi connectivity index (χ0) is 15.6. The van der Waals surface area contributed by atoms with Gasteiger partial charge in [-0.15, -0.1) is 0 Å². The van der Waals surface area contributed by atoms with E-state index in [2.05, 4.69) is 25.1 Å². The van der Waals surface area contributed by atoms with E-state index in [0.717, 1.165) is 29.9 Å². The van der Waals surface area contributed by atoms with E-state index < -0.39 is 0 Å². The van der Waals surface area contributed by atoms with Crippen molar-refractivity contribution >= 4 is 0 Å². The molecule has 3 nitrogen and oxygen atoms in total. The Balaban J connectivity index is 2.05. The van der Waals surface area contributed by atoms with Crippen LogP contribution in [0.1, 0.15) is 24.5 Å². The summed E-state index contributed by atoms with van der Waals surface area (Å²) < 4.78 is 16.7. The van der Waals surface area contributed by atoms with Crippen LogP contribution in [0, 0.1) is 0 Å². The Morgan fingerprint density at radius 2 is 1.73 bits per heavy atom. The Morgan fingerprint density at radius 3 is 2.45 bits per heavy atom. The minimum Gasteiger partial charge on any atom is -0.491 e. The lowest BCUT2D eigenvalue weighted by Gasteiger charge is -2.14. The van der Waals surface area contributed by atoms with Gasteiger partial charge in [-0.05, 0) is 23.6 Å². The maximum absolute atomic E-state index is 6.01. The fourth-order valence-electron chi connectivity index (χ4n) is 2.21. The van der Waals surface area contributed by atoms with Gasteiger partial charge in [0.25, 0.3) is 0 Å². The SMILES string of the molecule is CCCc1ccc(OCCOC)cc1OCc1ccccc1. The summed E-state index contributed by atoms with van der Waals surface area (Å²) in [6.07, 6.45) is 2.09. The molecule has 0 atom stereocenters. The van der Waals surface area contributed by atoms with Gasteiger partial charge in [-0.3, -0.25) is 0 Å². The second-order valence-electron chi connectivity index (χ2n) is 5.14. The third-order valence-electron chi connectivity index (χ3n) is 3.35. The molecule has 0 unspecified atom stereocenters. The molecule has 3 heteroatoms. The van der Waals surface area contributed by atoms with E-state index in [1.807, 2.05) is 30.3 Å². The van der Waals surface area contributed by atoms with Gasteiger partial charge in [0, 0.05) is 13.2 Å². The number of hydrogen-bond acceptors (Lipinski definition) is 3. The highest BCUT2D eigenvalue weighted by Crippen LogP contribution is 2.27. The molecule has 0 amide bonds.